The Hall–Kier alpha value is -1.66. The first kappa shape index (κ1) is 19.3. The number of pyridine rings is 1. The van der Waals surface area contributed by atoms with Crippen molar-refractivity contribution in [3.8, 4) is 0 Å². The highest BCUT2D eigenvalue weighted by molar-refractivity contribution is 5.78. The minimum atomic E-state index is -0.0370. The second kappa shape index (κ2) is 7.55. The Balaban J connectivity index is 1.21. The van der Waals surface area contributed by atoms with E-state index >= 15 is 0 Å². The van der Waals surface area contributed by atoms with Crippen molar-refractivity contribution in [2.75, 3.05) is 38.1 Å². The van der Waals surface area contributed by atoms with Crippen molar-refractivity contribution in [1.29, 1.82) is 0 Å². The van der Waals surface area contributed by atoms with Crippen LogP contribution in [-0.4, -0.2) is 66.8 Å². The SMILES string of the molecule is Cc1cccnc1N1C[C@@H]2[C@H](CNC(=O)CN(C)C3CCCC3)[C@H]3CC[C@]2(C1)O3. The molecule has 0 aromatic carbocycles. The molecule has 4 heterocycles. The molecule has 1 aromatic rings. The van der Waals surface area contributed by atoms with E-state index in [0.717, 1.165) is 38.3 Å². The predicted octanol–water partition coefficient (Wildman–Crippen LogP) is 2.36. The smallest absolute Gasteiger partial charge is 0.234 e. The zero-order chi connectivity index (χ0) is 20.0. The van der Waals surface area contributed by atoms with Crippen LogP contribution in [0, 0.1) is 18.8 Å². The summed E-state index contributed by atoms with van der Waals surface area (Å²) >= 11 is 0. The minimum absolute atomic E-state index is 0.0370. The Bertz CT molecular complexity index is 765. The van der Waals surface area contributed by atoms with E-state index in [-0.39, 0.29) is 11.5 Å². The zero-order valence-corrected chi connectivity index (χ0v) is 17.8. The maximum atomic E-state index is 12.6. The molecule has 1 aromatic heterocycles. The van der Waals surface area contributed by atoms with Crippen LogP contribution in [0.2, 0.25) is 0 Å². The van der Waals surface area contributed by atoms with Crippen molar-refractivity contribution in [3.63, 3.8) is 0 Å². The summed E-state index contributed by atoms with van der Waals surface area (Å²) in [5, 5.41) is 3.24. The first-order valence-electron chi connectivity index (χ1n) is 11.4. The number of hydrogen-bond acceptors (Lipinski definition) is 5. The van der Waals surface area contributed by atoms with Gasteiger partial charge in [-0.05, 0) is 51.3 Å². The summed E-state index contributed by atoms with van der Waals surface area (Å²) in [6, 6.07) is 4.71. The van der Waals surface area contributed by atoms with Gasteiger partial charge in [-0.1, -0.05) is 18.9 Å². The van der Waals surface area contributed by atoms with Gasteiger partial charge in [0.05, 0.1) is 18.2 Å². The van der Waals surface area contributed by atoms with Crippen LogP contribution in [0.3, 0.4) is 0 Å². The highest BCUT2D eigenvalue weighted by atomic mass is 16.5. The van der Waals surface area contributed by atoms with Crippen LogP contribution in [0.25, 0.3) is 0 Å². The van der Waals surface area contributed by atoms with Crippen LogP contribution in [0.1, 0.15) is 44.1 Å². The van der Waals surface area contributed by atoms with Crippen LogP contribution in [0.15, 0.2) is 18.3 Å². The van der Waals surface area contributed by atoms with E-state index in [4.69, 9.17) is 4.74 Å². The molecule has 1 saturated carbocycles. The minimum Gasteiger partial charge on any atom is -0.369 e. The van der Waals surface area contributed by atoms with Crippen molar-refractivity contribution in [2.45, 2.75) is 63.2 Å². The number of anilines is 1. The van der Waals surface area contributed by atoms with Gasteiger partial charge in [0.25, 0.3) is 0 Å². The third kappa shape index (κ3) is 3.44. The number of ether oxygens (including phenoxy) is 1. The third-order valence-corrected chi connectivity index (χ3v) is 7.94. The third-order valence-electron chi connectivity index (χ3n) is 7.94. The molecule has 2 bridgehead atoms. The van der Waals surface area contributed by atoms with E-state index < -0.39 is 0 Å². The van der Waals surface area contributed by atoms with Crippen LogP contribution in [0.5, 0.6) is 0 Å². The summed E-state index contributed by atoms with van der Waals surface area (Å²) in [7, 11) is 2.09. The molecule has 4 atom stereocenters. The Morgan fingerprint density at radius 2 is 2.21 bits per heavy atom. The van der Waals surface area contributed by atoms with Crippen molar-refractivity contribution >= 4 is 11.7 Å². The van der Waals surface area contributed by atoms with Gasteiger partial charge in [0.2, 0.25) is 5.91 Å². The van der Waals surface area contributed by atoms with Gasteiger partial charge in [0, 0.05) is 43.7 Å². The van der Waals surface area contributed by atoms with Gasteiger partial charge in [0.15, 0.2) is 0 Å². The van der Waals surface area contributed by atoms with E-state index in [9.17, 15) is 4.79 Å². The van der Waals surface area contributed by atoms with Gasteiger partial charge < -0.3 is 15.0 Å². The monoisotopic (exact) mass is 398 g/mol. The molecule has 6 nitrogen and oxygen atoms in total. The van der Waals surface area contributed by atoms with Crippen molar-refractivity contribution < 1.29 is 9.53 Å². The average Bonchev–Trinajstić information content (AvgIpc) is 3.47. The van der Waals surface area contributed by atoms with Crippen LogP contribution in [-0.2, 0) is 9.53 Å². The molecule has 1 amide bonds. The fourth-order valence-corrected chi connectivity index (χ4v) is 6.42. The lowest BCUT2D eigenvalue weighted by Crippen LogP contribution is -2.45. The lowest BCUT2D eigenvalue weighted by molar-refractivity contribution is -0.122. The molecular weight excluding hydrogens is 364 g/mol. The fraction of sp³-hybridized carbons (Fsp3) is 0.739. The summed E-state index contributed by atoms with van der Waals surface area (Å²) in [6.45, 7) is 5.30. The molecule has 5 rings (SSSR count). The molecule has 0 unspecified atom stereocenters. The van der Waals surface area contributed by atoms with Crippen molar-refractivity contribution in [3.05, 3.63) is 23.9 Å². The Morgan fingerprint density at radius 3 is 3.00 bits per heavy atom. The summed E-state index contributed by atoms with van der Waals surface area (Å²) < 4.78 is 6.55. The molecule has 158 valence electrons. The van der Waals surface area contributed by atoms with Gasteiger partial charge in [-0.2, -0.15) is 0 Å². The number of carbonyl (C=O) groups excluding carboxylic acids is 1. The number of nitrogens with zero attached hydrogens (tertiary/aromatic N) is 3. The lowest BCUT2D eigenvalue weighted by atomic mass is 9.73. The summed E-state index contributed by atoms with van der Waals surface area (Å²) in [5.74, 6) is 2.14. The molecule has 1 spiro atoms. The molecular formula is C23H34N4O2. The first-order valence-corrected chi connectivity index (χ1v) is 11.4. The number of aryl methyl sites for hydroxylation is 1. The largest absolute Gasteiger partial charge is 0.369 e. The first-order chi connectivity index (χ1) is 14.1. The second-order valence-electron chi connectivity index (χ2n) is 9.71. The van der Waals surface area contributed by atoms with E-state index in [1.165, 1.54) is 31.2 Å². The molecule has 29 heavy (non-hydrogen) atoms. The number of likely N-dealkylation sites (N-methyl/N-ethyl adjacent to an activating group) is 1. The second-order valence-corrected chi connectivity index (χ2v) is 9.71. The highest BCUT2D eigenvalue weighted by Gasteiger charge is 2.63. The fourth-order valence-electron chi connectivity index (χ4n) is 6.42. The Kier molecular flexibility index (Phi) is 5.03. The van der Waals surface area contributed by atoms with Gasteiger partial charge in [-0.15, -0.1) is 0 Å². The maximum absolute atomic E-state index is 12.6. The zero-order valence-electron chi connectivity index (χ0n) is 17.8. The summed E-state index contributed by atoms with van der Waals surface area (Å²) in [4.78, 5) is 21.9. The molecule has 0 radical (unpaired) electrons. The quantitative estimate of drug-likeness (QED) is 0.797. The van der Waals surface area contributed by atoms with Gasteiger partial charge >= 0.3 is 0 Å². The van der Waals surface area contributed by atoms with Crippen molar-refractivity contribution in [2.24, 2.45) is 11.8 Å². The lowest BCUT2D eigenvalue weighted by Gasteiger charge is -2.29. The standard InChI is InChI=1S/C23H34N4O2/c1-16-6-5-11-24-22(16)27-13-19-18(20-9-10-23(19,15-27)29-20)12-25-21(28)14-26(2)17-7-3-4-8-17/h5-6,11,17-20H,3-4,7-10,12-15H2,1-2H3,(H,25,28)/t18-,19+,20+,23+/m0/s1. The van der Waals surface area contributed by atoms with E-state index in [1.807, 2.05) is 12.3 Å². The number of aromatic nitrogens is 1. The summed E-state index contributed by atoms with van der Waals surface area (Å²) in [5.41, 5.74) is 1.18. The molecule has 1 aliphatic carbocycles. The number of rotatable bonds is 6. The van der Waals surface area contributed by atoms with E-state index in [1.54, 1.807) is 0 Å². The van der Waals surface area contributed by atoms with E-state index in [2.05, 4.69) is 40.1 Å². The number of carbonyl (C=O) groups is 1. The maximum Gasteiger partial charge on any atom is 0.234 e. The van der Waals surface area contributed by atoms with E-state index in [0.29, 0.717) is 30.5 Å². The van der Waals surface area contributed by atoms with Gasteiger partial charge in [-0.25, -0.2) is 4.98 Å². The van der Waals surface area contributed by atoms with Gasteiger partial charge in [-0.3, -0.25) is 9.69 Å². The normalized spacial score (nSPS) is 33.6. The van der Waals surface area contributed by atoms with Crippen molar-refractivity contribution in [1.82, 2.24) is 15.2 Å². The van der Waals surface area contributed by atoms with Gasteiger partial charge in [0.1, 0.15) is 5.82 Å². The summed E-state index contributed by atoms with van der Waals surface area (Å²) in [6.07, 6.45) is 9.51. The molecule has 3 saturated heterocycles. The molecule has 6 heteroatoms. The molecule has 3 aliphatic heterocycles. The predicted molar refractivity (Wildman–Crippen MR) is 113 cm³/mol. The number of amides is 1. The highest BCUT2D eigenvalue weighted by Crippen LogP contribution is 2.55. The van der Waals surface area contributed by atoms with Crippen LogP contribution < -0.4 is 10.2 Å². The molecule has 1 N–H and O–H groups in total. The number of fused-ring (bicyclic) bond motifs is 1. The Labute approximate surface area is 174 Å². The van der Waals surface area contributed by atoms with Crippen LogP contribution >= 0.6 is 0 Å². The van der Waals surface area contributed by atoms with Crippen LogP contribution in [0.4, 0.5) is 5.82 Å². The number of hydrogen-bond donors (Lipinski definition) is 1. The molecule has 4 aliphatic rings. The number of nitrogens with one attached hydrogen (secondary N) is 1. The topological polar surface area (TPSA) is 57.7 Å². The average molecular weight is 399 g/mol. The molecule has 4 fully saturated rings. The Morgan fingerprint density at radius 1 is 1.38 bits per heavy atom.